The van der Waals surface area contributed by atoms with Gasteiger partial charge in [-0.2, -0.15) is 10.5 Å². The second-order valence-electron chi connectivity index (χ2n) is 16.2. The van der Waals surface area contributed by atoms with Crippen LogP contribution in [0.4, 0.5) is 11.4 Å². The first-order valence-corrected chi connectivity index (χ1v) is 19.0. The lowest BCUT2D eigenvalue weighted by Gasteiger charge is -2.21. The van der Waals surface area contributed by atoms with E-state index in [4.69, 9.17) is 23.1 Å². The van der Waals surface area contributed by atoms with E-state index in [1.54, 1.807) is 0 Å². The van der Waals surface area contributed by atoms with Gasteiger partial charge < -0.3 is 0 Å². The van der Waals surface area contributed by atoms with Gasteiger partial charge in [-0.25, -0.2) is 9.69 Å². The highest BCUT2D eigenvalue weighted by Gasteiger charge is 2.26. The van der Waals surface area contributed by atoms with Crippen molar-refractivity contribution in [3.05, 3.63) is 179 Å². The van der Waals surface area contributed by atoms with Crippen LogP contribution in [0.1, 0.15) is 63.8 Å². The number of benzene rings is 5. The van der Waals surface area contributed by atoms with Crippen molar-refractivity contribution in [3.8, 4) is 79.4 Å². The quantitative estimate of drug-likeness (QED) is 0.159. The van der Waals surface area contributed by atoms with E-state index in [1.165, 1.54) is 0 Å². The van der Waals surface area contributed by atoms with Gasteiger partial charge in [0.25, 0.3) is 0 Å². The number of pyridine rings is 2. The summed E-state index contributed by atoms with van der Waals surface area (Å²) < 4.78 is 0. The molecule has 2 aromatic heterocycles. The van der Waals surface area contributed by atoms with Gasteiger partial charge in [0.15, 0.2) is 0 Å². The van der Waals surface area contributed by atoms with Gasteiger partial charge in [-0.3, -0.25) is 9.97 Å². The second-order valence-corrected chi connectivity index (χ2v) is 16.2. The van der Waals surface area contributed by atoms with Crippen LogP contribution < -0.4 is 0 Å². The molecule has 0 amide bonds. The molecule has 278 valence electrons. The molecule has 0 N–H and O–H groups in total. The van der Waals surface area contributed by atoms with Crippen molar-refractivity contribution >= 4 is 11.4 Å². The number of nitrogens with zero attached hydrogens (tertiary/aromatic N) is 6. The summed E-state index contributed by atoms with van der Waals surface area (Å²) in [7, 11) is 0. The van der Waals surface area contributed by atoms with Crippen LogP contribution in [0.2, 0.25) is 0 Å². The minimum Gasteiger partial charge on any atom is -0.258 e. The summed E-state index contributed by atoms with van der Waals surface area (Å²) in [6, 6.07) is 47.6. The van der Waals surface area contributed by atoms with Crippen LogP contribution in [0.25, 0.3) is 77.0 Å². The van der Waals surface area contributed by atoms with Crippen molar-refractivity contribution in [2.24, 2.45) is 0 Å². The normalized spacial score (nSPS) is 11.2. The molecule has 0 fully saturated rings. The van der Waals surface area contributed by atoms with E-state index in [2.05, 4.69) is 87.6 Å². The van der Waals surface area contributed by atoms with Crippen LogP contribution in [0.15, 0.2) is 133 Å². The molecule has 0 bridgehead atoms. The van der Waals surface area contributed by atoms with E-state index in [1.807, 2.05) is 109 Å². The summed E-state index contributed by atoms with van der Waals surface area (Å²) in [6.07, 6.45) is 0. The monoisotopic (exact) mass is 748 g/mol. The van der Waals surface area contributed by atoms with Gasteiger partial charge in [-0.05, 0) is 44.2 Å². The molecule has 7 rings (SSSR count). The van der Waals surface area contributed by atoms with Crippen LogP contribution in [-0.4, -0.2) is 9.97 Å². The fraction of sp³-hybridized carbons (Fsp3) is 0.154. The molecule has 0 aliphatic heterocycles. The van der Waals surface area contributed by atoms with E-state index in [0.717, 1.165) is 33.4 Å². The van der Waals surface area contributed by atoms with E-state index < -0.39 is 0 Å². The second kappa shape index (κ2) is 15.5. The number of hydrogen-bond donors (Lipinski definition) is 0. The van der Waals surface area contributed by atoms with Crippen molar-refractivity contribution in [3.63, 3.8) is 0 Å². The number of hydrogen-bond acceptors (Lipinski definition) is 4. The van der Waals surface area contributed by atoms with Gasteiger partial charge in [0.2, 0.25) is 11.4 Å². The van der Waals surface area contributed by atoms with Gasteiger partial charge in [-0.1, -0.05) is 175 Å². The maximum Gasteiger partial charge on any atom is 0.221 e. The third-order valence-corrected chi connectivity index (χ3v) is 10.4. The van der Waals surface area contributed by atoms with E-state index in [0.29, 0.717) is 61.8 Å². The number of rotatable bonds is 6. The first-order chi connectivity index (χ1) is 27.9. The molecule has 6 heteroatoms. The fourth-order valence-corrected chi connectivity index (χ4v) is 7.22. The number of nitriles is 2. The summed E-state index contributed by atoms with van der Waals surface area (Å²) >= 11 is 0. The molecular formula is C52H40N6. The molecule has 0 unspecified atom stereocenters. The maximum atomic E-state index is 10.8. The topological polar surface area (TPSA) is 82.1 Å². The Labute approximate surface area is 341 Å². The molecule has 5 aromatic carbocycles. The Morgan fingerprint density at radius 2 is 0.707 bits per heavy atom. The lowest BCUT2D eigenvalue weighted by Crippen LogP contribution is -2.10. The molecule has 58 heavy (non-hydrogen) atoms. The minimum atomic E-state index is -0.0738. The van der Waals surface area contributed by atoms with Crippen molar-refractivity contribution in [1.82, 2.24) is 9.97 Å². The lowest BCUT2D eigenvalue weighted by molar-refractivity contribution is 0.590. The first kappa shape index (κ1) is 38.6. The molecule has 0 spiro atoms. The van der Waals surface area contributed by atoms with Crippen LogP contribution >= 0.6 is 0 Å². The molecule has 6 nitrogen and oxygen atoms in total. The zero-order valence-corrected chi connectivity index (χ0v) is 33.4. The SMILES string of the molecule is [C-]#[N+]c1c(-c2ccccc2)nc(-c2ccc(-c3nc(-c4ccccc4)c(C#N)c(-c4ccc(C(C)(C)C)cc4)c3[N+]#[C-])cc2)c(C#N)c1-c1ccc(C(C)(C)C)cc1. The molecule has 0 saturated heterocycles. The average Bonchev–Trinajstić information content (AvgIpc) is 3.25. The van der Waals surface area contributed by atoms with E-state index in [-0.39, 0.29) is 16.5 Å². The smallest absolute Gasteiger partial charge is 0.221 e. The summed E-state index contributed by atoms with van der Waals surface area (Å²) in [6.45, 7) is 29.7. The number of aromatic nitrogens is 2. The van der Waals surface area contributed by atoms with Crippen LogP contribution in [0, 0.1) is 35.8 Å². The van der Waals surface area contributed by atoms with Crippen LogP contribution in [0.3, 0.4) is 0 Å². The molecule has 7 aromatic rings. The molecule has 0 saturated carbocycles. The van der Waals surface area contributed by atoms with Crippen molar-refractivity contribution in [1.29, 1.82) is 10.5 Å². The summed E-state index contributed by atoms with van der Waals surface area (Å²) in [5.74, 6) is 0. The largest absolute Gasteiger partial charge is 0.258 e. The zero-order valence-electron chi connectivity index (χ0n) is 33.4. The Morgan fingerprint density at radius 1 is 0.414 bits per heavy atom. The van der Waals surface area contributed by atoms with Crippen molar-refractivity contribution < 1.29 is 0 Å². The maximum absolute atomic E-state index is 10.8. The Morgan fingerprint density at radius 3 is 1.02 bits per heavy atom. The fourth-order valence-electron chi connectivity index (χ4n) is 7.22. The highest BCUT2D eigenvalue weighted by Crippen LogP contribution is 2.47. The first-order valence-electron chi connectivity index (χ1n) is 19.0. The molecule has 2 heterocycles. The standard InChI is InChI=1S/C52H40N6/c1-51(2,3)39-27-23-33(24-28-39)43-41(31-53)45(35-15-11-9-12-16-35)57-48(50(43)56-8)38-21-19-37(20-22-38)46-42(32-54)44(34-25-29-40(30-26-34)52(4,5)6)49(55-7)47(58-46)36-17-13-10-14-18-36/h9-30H,1-6H3. The van der Waals surface area contributed by atoms with E-state index in [9.17, 15) is 10.5 Å². The van der Waals surface area contributed by atoms with Gasteiger partial charge >= 0.3 is 0 Å². The summed E-state index contributed by atoms with van der Waals surface area (Å²) in [5.41, 5.74) is 10.7. The predicted octanol–water partition coefficient (Wildman–Crippen LogP) is 13.9. The highest BCUT2D eigenvalue weighted by atomic mass is 14.8. The van der Waals surface area contributed by atoms with Crippen molar-refractivity contribution in [2.75, 3.05) is 0 Å². The molecule has 0 aliphatic rings. The molecule has 0 radical (unpaired) electrons. The summed E-state index contributed by atoms with van der Waals surface area (Å²) in [5, 5.41) is 21.5. The highest BCUT2D eigenvalue weighted by molar-refractivity contribution is 5.98. The minimum absolute atomic E-state index is 0.0734. The van der Waals surface area contributed by atoms with Crippen LogP contribution in [0.5, 0.6) is 0 Å². The lowest BCUT2D eigenvalue weighted by atomic mass is 9.85. The van der Waals surface area contributed by atoms with Gasteiger partial charge in [0, 0.05) is 22.3 Å². The van der Waals surface area contributed by atoms with Gasteiger partial charge in [-0.15, -0.1) is 0 Å². The molecule has 0 atom stereocenters. The Balaban J connectivity index is 1.45. The predicted molar refractivity (Wildman–Crippen MR) is 234 cm³/mol. The third-order valence-electron chi connectivity index (χ3n) is 10.4. The zero-order chi connectivity index (χ0) is 41.2. The molecular weight excluding hydrogens is 709 g/mol. The van der Waals surface area contributed by atoms with Gasteiger partial charge in [0.1, 0.15) is 12.1 Å². The van der Waals surface area contributed by atoms with E-state index >= 15 is 0 Å². The molecule has 0 aliphatic carbocycles. The Hall–Kier alpha value is -7.64. The van der Waals surface area contributed by atoms with Crippen molar-refractivity contribution in [2.45, 2.75) is 52.4 Å². The third kappa shape index (κ3) is 7.24. The van der Waals surface area contributed by atoms with Crippen LogP contribution in [-0.2, 0) is 10.8 Å². The Bertz CT molecular complexity index is 2630. The summed E-state index contributed by atoms with van der Waals surface area (Å²) in [4.78, 5) is 18.1. The van der Waals surface area contributed by atoms with Gasteiger partial charge in [0.05, 0.1) is 47.0 Å². The average molecular weight is 749 g/mol. The Kier molecular flexibility index (Phi) is 10.3.